The van der Waals surface area contributed by atoms with Gasteiger partial charge in [0.1, 0.15) is 16.9 Å². The van der Waals surface area contributed by atoms with Crippen molar-refractivity contribution in [1.29, 1.82) is 0 Å². The van der Waals surface area contributed by atoms with Gasteiger partial charge in [0.2, 0.25) is 0 Å². The quantitative estimate of drug-likeness (QED) is 0.512. The Kier molecular flexibility index (Phi) is 3.48. The van der Waals surface area contributed by atoms with E-state index in [2.05, 4.69) is 4.98 Å². The Morgan fingerprint density at radius 2 is 2.08 bits per heavy atom. The molecule has 0 saturated heterocycles. The summed E-state index contributed by atoms with van der Waals surface area (Å²) >= 11 is 2.70. The Bertz CT molecular complexity index is 1240. The van der Waals surface area contributed by atoms with Crippen LogP contribution in [0.25, 0.3) is 26.9 Å². The highest BCUT2D eigenvalue weighted by atomic mass is 32.2. The number of nitrogens with zero attached hydrogens (tertiary/aromatic N) is 3. The van der Waals surface area contributed by atoms with Crippen molar-refractivity contribution in [2.24, 2.45) is 0 Å². The SMILES string of the molecule is Cc1ccc(-n2c(=O)n(SC3CC3)c3cc4scnc4c(F)c32)c(F)c1. The van der Waals surface area contributed by atoms with Gasteiger partial charge in [-0.05, 0) is 55.5 Å². The van der Waals surface area contributed by atoms with E-state index in [4.69, 9.17) is 0 Å². The second-order valence-corrected chi connectivity index (χ2v) is 8.56. The number of thiazole rings is 1. The molecule has 4 nitrogen and oxygen atoms in total. The van der Waals surface area contributed by atoms with Crippen molar-refractivity contribution in [1.82, 2.24) is 13.5 Å². The third kappa shape index (κ3) is 2.32. The van der Waals surface area contributed by atoms with Crippen molar-refractivity contribution in [2.75, 3.05) is 0 Å². The molecule has 2 aromatic carbocycles. The number of imidazole rings is 1. The highest BCUT2D eigenvalue weighted by Crippen LogP contribution is 2.38. The van der Waals surface area contributed by atoms with Gasteiger partial charge < -0.3 is 0 Å². The van der Waals surface area contributed by atoms with E-state index in [9.17, 15) is 9.18 Å². The van der Waals surface area contributed by atoms with Crippen LogP contribution in [0.3, 0.4) is 0 Å². The van der Waals surface area contributed by atoms with E-state index in [1.807, 2.05) is 0 Å². The lowest BCUT2D eigenvalue weighted by molar-refractivity contribution is 0.612. The average molecular weight is 389 g/mol. The summed E-state index contributed by atoms with van der Waals surface area (Å²) in [5.74, 6) is -1.15. The fourth-order valence-electron chi connectivity index (χ4n) is 3.04. The molecule has 5 rings (SSSR count). The minimum absolute atomic E-state index is 0.0502. The van der Waals surface area contributed by atoms with Gasteiger partial charge in [0.25, 0.3) is 0 Å². The van der Waals surface area contributed by atoms with Gasteiger partial charge in [0.05, 0.1) is 21.4 Å². The van der Waals surface area contributed by atoms with E-state index in [1.165, 1.54) is 39.4 Å². The van der Waals surface area contributed by atoms with Crippen LogP contribution in [-0.4, -0.2) is 18.8 Å². The zero-order valence-corrected chi connectivity index (χ0v) is 15.3. The van der Waals surface area contributed by atoms with Gasteiger partial charge in [-0.15, -0.1) is 11.3 Å². The molecule has 1 aliphatic carbocycles. The summed E-state index contributed by atoms with van der Waals surface area (Å²) in [6, 6.07) is 6.34. The van der Waals surface area contributed by atoms with Crippen molar-refractivity contribution < 1.29 is 8.78 Å². The summed E-state index contributed by atoms with van der Waals surface area (Å²) in [5.41, 5.74) is 2.64. The Morgan fingerprint density at radius 1 is 1.27 bits per heavy atom. The largest absolute Gasteiger partial charge is 0.344 e. The molecule has 8 heteroatoms. The zero-order chi connectivity index (χ0) is 18.0. The lowest BCUT2D eigenvalue weighted by Crippen LogP contribution is -2.21. The first-order valence-corrected chi connectivity index (χ1v) is 9.89. The molecular formula is C18H13F2N3OS2. The summed E-state index contributed by atoms with van der Waals surface area (Å²) < 4.78 is 33.1. The fourth-order valence-corrected chi connectivity index (χ4v) is 4.81. The summed E-state index contributed by atoms with van der Waals surface area (Å²) in [7, 11) is 0. The first-order valence-electron chi connectivity index (χ1n) is 8.17. The minimum atomic E-state index is -0.592. The minimum Gasteiger partial charge on any atom is -0.254 e. The van der Waals surface area contributed by atoms with Crippen LogP contribution in [0.1, 0.15) is 18.4 Å². The smallest absolute Gasteiger partial charge is 0.254 e. The van der Waals surface area contributed by atoms with E-state index in [1.54, 1.807) is 24.6 Å². The fraction of sp³-hybridized carbons (Fsp3) is 0.222. The first kappa shape index (κ1) is 16.0. The zero-order valence-electron chi connectivity index (χ0n) is 13.7. The lowest BCUT2D eigenvalue weighted by Gasteiger charge is -2.06. The van der Waals surface area contributed by atoms with Crippen molar-refractivity contribution in [3.05, 3.63) is 57.5 Å². The molecular weight excluding hydrogens is 376 g/mol. The van der Waals surface area contributed by atoms with Gasteiger partial charge in [-0.1, -0.05) is 6.07 Å². The predicted molar refractivity (Wildman–Crippen MR) is 101 cm³/mol. The number of hydrogen-bond acceptors (Lipinski definition) is 4. The molecule has 0 bridgehead atoms. The second-order valence-electron chi connectivity index (χ2n) is 6.43. The number of aromatic nitrogens is 3. The highest BCUT2D eigenvalue weighted by Gasteiger charge is 2.29. The van der Waals surface area contributed by atoms with Crippen LogP contribution in [-0.2, 0) is 0 Å². The Hall–Kier alpha value is -2.19. The number of hydrogen-bond donors (Lipinski definition) is 0. The maximum atomic E-state index is 15.2. The third-order valence-electron chi connectivity index (χ3n) is 4.45. The van der Waals surface area contributed by atoms with Crippen LogP contribution in [0.2, 0.25) is 0 Å². The van der Waals surface area contributed by atoms with Gasteiger partial charge in [-0.3, -0.25) is 4.57 Å². The Balaban J connectivity index is 1.92. The van der Waals surface area contributed by atoms with Gasteiger partial charge in [0.15, 0.2) is 5.82 Å². The summed E-state index contributed by atoms with van der Waals surface area (Å²) in [6.45, 7) is 1.77. The average Bonchev–Trinajstić information content (AvgIpc) is 3.23. The van der Waals surface area contributed by atoms with Crippen LogP contribution in [0.15, 0.2) is 34.6 Å². The van der Waals surface area contributed by atoms with E-state index >= 15 is 4.39 Å². The van der Waals surface area contributed by atoms with Crippen LogP contribution in [0.5, 0.6) is 0 Å². The number of benzene rings is 2. The molecule has 0 aliphatic heterocycles. The van der Waals surface area contributed by atoms with Crippen molar-refractivity contribution in [2.45, 2.75) is 25.0 Å². The topological polar surface area (TPSA) is 39.8 Å². The molecule has 0 amide bonds. The molecule has 1 saturated carbocycles. The van der Waals surface area contributed by atoms with Gasteiger partial charge >= 0.3 is 5.69 Å². The van der Waals surface area contributed by atoms with Crippen molar-refractivity contribution in [3.63, 3.8) is 0 Å². The normalized spacial score (nSPS) is 14.6. The van der Waals surface area contributed by atoms with Gasteiger partial charge in [-0.2, -0.15) is 0 Å². The number of rotatable bonds is 3. The van der Waals surface area contributed by atoms with Crippen LogP contribution in [0, 0.1) is 18.6 Å². The molecule has 1 fully saturated rings. The standard InChI is InChI=1S/C18H13F2N3OS2/c1-9-2-5-12(11(19)6-9)22-17-13(23(18(22)24)26-10-3-4-10)7-14-16(15(17)20)21-8-25-14/h2,5-8,10H,3-4H2,1H3. The van der Waals surface area contributed by atoms with Crippen LogP contribution < -0.4 is 5.69 Å². The van der Waals surface area contributed by atoms with E-state index in [0.29, 0.717) is 15.5 Å². The molecule has 0 radical (unpaired) electrons. The van der Waals surface area contributed by atoms with Crippen molar-refractivity contribution >= 4 is 44.5 Å². The number of aryl methyl sites for hydroxylation is 1. The third-order valence-corrected chi connectivity index (χ3v) is 6.56. The summed E-state index contributed by atoms with van der Waals surface area (Å²) in [6.07, 6.45) is 2.04. The predicted octanol–water partition coefficient (Wildman–Crippen LogP) is 4.65. The Labute approximate surface area is 155 Å². The maximum absolute atomic E-state index is 15.2. The van der Waals surface area contributed by atoms with Crippen molar-refractivity contribution in [3.8, 4) is 5.69 Å². The molecule has 1 aliphatic rings. The highest BCUT2D eigenvalue weighted by molar-refractivity contribution is 7.98. The summed E-state index contributed by atoms with van der Waals surface area (Å²) in [5, 5.41) is 0.342. The van der Waals surface area contributed by atoms with Gasteiger partial charge in [-0.25, -0.2) is 22.5 Å². The van der Waals surface area contributed by atoms with E-state index in [-0.39, 0.29) is 16.7 Å². The van der Waals surface area contributed by atoms with Gasteiger partial charge in [0, 0.05) is 5.25 Å². The molecule has 132 valence electrons. The molecule has 0 spiro atoms. The lowest BCUT2D eigenvalue weighted by atomic mass is 10.2. The number of fused-ring (bicyclic) bond motifs is 2. The summed E-state index contributed by atoms with van der Waals surface area (Å²) in [4.78, 5) is 17.2. The molecule has 0 atom stereocenters. The van der Waals surface area contributed by atoms with Crippen LogP contribution >= 0.6 is 23.3 Å². The van der Waals surface area contributed by atoms with Crippen LogP contribution in [0.4, 0.5) is 8.78 Å². The Morgan fingerprint density at radius 3 is 2.81 bits per heavy atom. The molecule has 26 heavy (non-hydrogen) atoms. The molecule has 0 N–H and O–H groups in total. The first-order chi connectivity index (χ1) is 12.5. The molecule has 2 aromatic heterocycles. The molecule has 0 unspecified atom stereocenters. The van der Waals surface area contributed by atoms with E-state index < -0.39 is 17.3 Å². The maximum Gasteiger partial charge on any atom is 0.344 e. The number of halogens is 2. The molecule has 2 heterocycles. The molecule has 4 aromatic rings. The van der Waals surface area contributed by atoms with E-state index in [0.717, 1.165) is 23.0 Å². The monoisotopic (exact) mass is 389 g/mol. The second kappa shape index (κ2) is 5.65.